The largest absolute Gasteiger partial charge is 0.495 e. The number of ether oxygens (including phenoxy) is 1. The maximum Gasteiger partial charge on any atom is 0.272 e. The molecule has 0 saturated heterocycles. The Kier molecular flexibility index (Phi) is 4.64. The van der Waals surface area contributed by atoms with E-state index in [4.69, 9.17) is 4.74 Å². The van der Waals surface area contributed by atoms with E-state index in [2.05, 4.69) is 20.6 Å². The number of anilines is 1. The number of nitro groups is 1. The van der Waals surface area contributed by atoms with Gasteiger partial charge in [0.15, 0.2) is 0 Å². The molecule has 0 aliphatic rings. The van der Waals surface area contributed by atoms with Gasteiger partial charge in [-0.2, -0.15) is 9.61 Å². The number of aryl methyl sites for hydroxylation is 1. The SMILES string of the molecule is COc1ccc(-c2nn3cnnc3s2)cc1NC(=O)c1ccc([N+](=O)[O-])c(C)c1. The third-order valence-corrected chi connectivity index (χ3v) is 5.20. The van der Waals surface area contributed by atoms with Gasteiger partial charge in [-0.05, 0) is 37.3 Å². The average Bonchev–Trinajstić information content (AvgIpc) is 3.29. The Hall–Kier alpha value is -3.86. The van der Waals surface area contributed by atoms with E-state index in [9.17, 15) is 14.9 Å². The Morgan fingerprint density at radius 1 is 1.28 bits per heavy atom. The van der Waals surface area contributed by atoms with Crippen LogP contribution in [0.1, 0.15) is 15.9 Å². The highest BCUT2D eigenvalue weighted by Crippen LogP contribution is 2.33. The molecule has 2 heterocycles. The maximum absolute atomic E-state index is 12.7. The molecule has 1 N–H and O–H groups in total. The van der Waals surface area contributed by atoms with Crippen LogP contribution in [-0.4, -0.2) is 37.8 Å². The minimum atomic E-state index is -0.482. The molecule has 4 rings (SSSR count). The standard InChI is InChI=1S/C18H14N6O4S/c1-10-7-11(3-5-14(10)24(26)27)16(25)20-13-8-12(4-6-15(13)28-2)17-22-23-9-19-21-18(23)29-17/h3-9H,1-2H3,(H,20,25). The van der Waals surface area contributed by atoms with Crippen molar-refractivity contribution in [3.63, 3.8) is 0 Å². The normalized spacial score (nSPS) is 10.8. The van der Waals surface area contributed by atoms with Gasteiger partial charge >= 0.3 is 0 Å². The zero-order valence-electron chi connectivity index (χ0n) is 15.3. The second-order valence-corrected chi connectivity index (χ2v) is 7.05. The van der Waals surface area contributed by atoms with Crippen molar-refractivity contribution in [1.82, 2.24) is 19.8 Å². The molecule has 2 aromatic carbocycles. The quantitative estimate of drug-likeness (QED) is 0.395. The zero-order chi connectivity index (χ0) is 20.5. The Labute approximate surface area is 167 Å². The summed E-state index contributed by atoms with van der Waals surface area (Å²) in [5, 5.41) is 26.6. The number of hydrogen-bond donors (Lipinski definition) is 1. The first-order chi connectivity index (χ1) is 14.0. The number of methoxy groups -OCH3 is 1. The minimum Gasteiger partial charge on any atom is -0.495 e. The Balaban J connectivity index is 1.65. The number of nitro benzene ring substituents is 1. The molecule has 2 aromatic heterocycles. The average molecular weight is 410 g/mol. The molecule has 0 atom stereocenters. The molecule has 0 bridgehead atoms. The van der Waals surface area contributed by atoms with Gasteiger partial charge in [0.2, 0.25) is 4.96 Å². The van der Waals surface area contributed by atoms with Gasteiger partial charge in [-0.3, -0.25) is 14.9 Å². The van der Waals surface area contributed by atoms with Crippen LogP contribution in [0.2, 0.25) is 0 Å². The topological polar surface area (TPSA) is 125 Å². The van der Waals surface area contributed by atoms with Crippen molar-refractivity contribution in [2.45, 2.75) is 6.92 Å². The van der Waals surface area contributed by atoms with E-state index in [1.165, 1.54) is 43.0 Å². The molecule has 4 aromatic rings. The van der Waals surface area contributed by atoms with Crippen LogP contribution in [0.5, 0.6) is 5.75 Å². The van der Waals surface area contributed by atoms with E-state index >= 15 is 0 Å². The second-order valence-electron chi connectivity index (χ2n) is 6.09. The van der Waals surface area contributed by atoms with Crippen LogP contribution in [0, 0.1) is 17.0 Å². The van der Waals surface area contributed by atoms with Gasteiger partial charge in [0.1, 0.15) is 17.1 Å². The Morgan fingerprint density at radius 3 is 2.79 bits per heavy atom. The highest BCUT2D eigenvalue weighted by atomic mass is 32.1. The summed E-state index contributed by atoms with van der Waals surface area (Å²) in [6, 6.07) is 9.52. The summed E-state index contributed by atoms with van der Waals surface area (Å²) in [7, 11) is 1.50. The third kappa shape index (κ3) is 3.50. The Morgan fingerprint density at radius 2 is 2.10 bits per heavy atom. The van der Waals surface area contributed by atoms with Crippen molar-refractivity contribution < 1.29 is 14.5 Å². The molecule has 11 heteroatoms. The highest BCUT2D eigenvalue weighted by molar-refractivity contribution is 7.19. The molecule has 0 saturated carbocycles. The molecule has 0 fully saturated rings. The van der Waals surface area contributed by atoms with Crippen LogP contribution < -0.4 is 10.1 Å². The van der Waals surface area contributed by atoms with E-state index in [1.54, 1.807) is 23.6 Å². The fourth-order valence-electron chi connectivity index (χ4n) is 2.81. The summed E-state index contributed by atoms with van der Waals surface area (Å²) < 4.78 is 6.91. The van der Waals surface area contributed by atoms with Crippen molar-refractivity contribution >= 4 is 33.6 Å². The van der Waals surface area contributed by atoms with Crippen molar-refractivity contribution in [2.75, 3.05) is 12.4 Å². The molecule has 10 nitrogen and oxygen atoms in total. The van der Waals surface area contributed by atoms with E-state index < -0.39 is 10.8 Å². The van der Waals surface area contributed by atoms with Crippen molar-refractivity contribution in [3.8, 4) is 16.3 Å². The molecule has 0 spiro atoms. The monoisotopic (exact) mass is 410 g/mol. The predicted octanol–water partition coefficient (Wildman–Crippen LogP) is 3.33. The van der Waals surface area contributed by atoms with Crippen LogP contribution in [0.3, 0.4) is 0 Å². The molecule has 146 valence electrons. The molecular weight excluding hydrogens is 396 g/mol. The van der Waals surface area contributed by atoms with Crippen LogP contribution in [0.4, 0.5) is 11.4 Å². The number of nitrogens with zero attached hydrogens (tertiary/aromatic N) is 5. The summed E-state index contributed by atoms with van der Waals surface area (Å²) in [6.07, 6.45) is 1.51. The van der Waals surface area contributed by atoms with Crippen LogP contribution in [0.25, 0.3) is 15.5 Å². The summed E-state index contributed by atoms with van der Waals surface area (Å²) in [4.78, 5) is 23.8. The molecule has 0 aliphatic heterocycles. The zero-order valence-corrected chi connectivity index (χ0v) is 16.1. The minimum absolute atomic E-state index is 0.0376. The van der Waals surface area contributed by atoms with Gasteiger partial charge < -0.3 is 10.1 Å². The van der Waals surface area contributed by atoms with Crippen LogP contribution >= 0.6 is 11.3 Å². The van der Waals surface area contributed by atoms with Gasteiger partial charge in [-0.1, -0.05) is 11.3 Å². The number of hydrogen-bond acceptors (Lipinski definition) is 8. The summed E-state index contributed by atoms with van der Waals surface area (Å²) in [6.45, 7) is 1.59. The number of fused-ring (bicyclic) bond motifs is 1. The van der Waals surface area contributed by atoms with E-state index in [-0.39, 0.29) is 5.69 Å². The number of carbonyl (C=O) groups is 1. The van der Waals surface area contributed by atoms with Crippen LogP contribution in [-0.2, 0) is 0 Å². The lowest BCUT2D eigenvalue weighted by Crippen LogP contribution is -2.13. The van der Waals surface area contributed by atoms with E-state index in [1.807, 2.05) is 6.07 Å². The first-order valence-electron chi connectivity index (χ1n) is 8.38. The molecule has 0 radical (unpaired) electrons. The molecule has 29 heavy (non-hydrogen) atoms. The molecule has 1 amide bonds. The van der Waals surface area contributed by atoms with Crippen molar-refractivity contribution in [1.29, 1.82) is 0 Å². The molecule has 0 aliphatic carbocycles. The summed E-state index contributed by atoms with van der Waals surface area (Å²) in [5.41, 5.74) is 1.90. The van der Waals surface area contributed by atoms with Gasteiger partial charge in [0, 0.05) is 22.8 Å². The number of nitrogens with one attached hydrogen (secondary N) is 1. The van der Waals surface area contributed by atoms with E-state index in [0.717, 1.165) is 5.56 Å². The van der Waals surface area contributed by atoms with Gasteiger partial charge in [-0.15, -0.1) is 10.2 Å². The second kappa shape index (κ2) is 7.28. The fourth-order valence-corrected chi connectivity index (χ4v) is 3.63. The fraction of sp³-hybridized carbons (Fsp3) is 0.111. The number of carbonyl (C=O) groups excluding carboxylic acids is 1. The van der Waals surface area contributed by atoms with Gasteiger partial charge in [0.25, 0.3) is 11.6 Å². The lowest BCUT2D eigenvalue weighted by Gasteiger charge is -2.12. The first-order valence-corrected chi connectivity index (χ1v) is 9.19. The highest BCUT2D eigenvalue weighted by Gasteiger charge is 2.16. The summed E-state index contributed by atoms with van der Waals surface area (Å²) >= 11 is 1.36. The summed E-state index contributed by atoms with van der Waals surface area (Å²) in [5.74, 6) is 0.0697. The number of amides is 1. The number of aromatic nitrogens is 4. The van der Waals surface area contributed by atoms with Crippen molar-refractivity contribution in [3.05, 3.63) is 64.0 Å². The predicted molar refractivity (Wildman–Crippen MR) is 106 cm³/mol. The van der Waals surface area contributed by atoms with E-state index in [0.29, 0.717) is 32.5 Å². The van der Waals surface area contributed by atoms with Gasteiger partial charge in [0.05, 0.1) is 17.7 Å². The molecule has 0 unspecified atom stereocenters. The third-order valence-electron chi connectivity index (χ3n) is 4.24. The Bertz CT molecular complexity index is 1220. The van der Waals surface area contributed by atoms with Gasteiger partial charge in [-0.25, -0.2) is 0 Å². The maximum atomic E-state index is 12.7. The number of benzene rings is 2. The lowest BCUT2D eigenvalue weighted by molar-refractivity contribution is -0.385. The van der Waals surface area contributed by atoms with Crippen molar-refractivity contribution in [2.24, 2.45) is 0 Å². The lowest BCUT2D eigenvalue weighted by atomic mass is 10.1. The smallest absolute Gasteiger partial charge is 0.272 e. The number of rotatable bonds is 5. The first kappa shape index (κ1) is 18.5. The molecular formula is C18H14N6O4S. The van der Waals surface area contributed by atoms with Crippen LogP contribution in [0.15, 0.2) is 42.7 Å².